The largest absolute Gasteiger partial charge is 0.444 e. The van der Waals surface area contributed by atoms with Gasteiger partial charge in [0, 0.05) is 24.8 Å². The third-order valence-corrected chi connectivity index (χ3v) is 12.5. The highest BCUT2D eigenvalue weighted by atomic mass is 32.2. The van der Waals surface area contributed by atoms with E-state index in [1.165, 1.54) is 17.4 Å². The molecule has 1 unspecified atom stereocenters. The van der Waals surface area contributed by atoms with Crippen molar-refractivity contribution in [2.75, 3.05) is 26.2 Å². The molecule has 2 saturated heterocycles. The first-order chi connectivity index (χ1) is 23.7. The van der Waals surface area contributed by atoms with Gasteiger partial charge in [0.05, 0.1) is 17.4 Å². The number of hydrogen-bond donors (Lipinski definition) is 4. The monoisotopic (exact) mass is 731 g/mol. The highest BCUT2D eigenvalue weighted by Crippen LogP contribution is 2.46. The number of alkyl carbamates (subject to hydrolysis) is 1. The van der Waals surface area contributed by atoms with Crippen molar-refractivity contribution < 1.29 is 37.4 Å². The maximum Gasteiger partial charge on any atom is 0.408 e. The van der Waals surface area contributed by atoms with Gasteiger partial charge in [-0.1, -0.05) is 57.1 Å². The van der Waals surface area contributed by atoms with Crippen LogP contribution in [0.3, 0.4) is 0 Å². The molecule has 0 aromatic rings. The summed E-state index contributed by atoms with van der Waals surface area (Å²) >= 11 is 0. The number of hydrogen-bond acceptors (Lipinski definition) is 9. The summed E-state index contributed by atoms with van der Waals surface area (Å²) in [5, 5.41) is 17.2. The van der Waals surface area contributed by atoms with E-state index in [-0.39, 0.29) is 19.4 Å². The number of ether oxygens (including phenoxy) is 1. The Kier molecular flexibility index (Phi) is 10.9. The molecule has 4 fully saturated rings. The minimum absolute atomic E-state index is 0.128. The van der Waals surface area contributed by atoms with Crippen molar-refractivity contribution in [2.24, 2.45) is 17.3 Å². The normalized spacial score (nSPS) is 30.5. The van der Waals surface area contributed by atoms with Crippen molar-refractivity contribution >= 4 is 33.8 Å². The predicted octanol–water partition coefficient (Wildman–Crippen LogP) is 2.92. The molecule has 2 aliphatic heterocycles. The Hall–Kier alpha value is -3.23. The number of aliphatic hydroxyl groups is 1. The zero-order valence-electron chi connectivity index (χ0n) is 31.0. The number of β-amino-alcohol motifs (C(OH)–C–C–N with tert-alkyl or cyclic N) is 1. The lowest BCUT2D eigenvalue weighted by atomic mass is 9.78. The van der Waals surface area contributed by atoms with Crippen LogP contribution < -0.4 is 15.4 Å². The van der Waals surface area contributed by atoms with E-state index in [2.05, 4.69) is 32.9 Å². The van der Waals surface area contributed by atoms with Crippen molar-refractivity contribution in [3.63, 3.8) is 0 Å². The van der Waals surface area contributed by atoms with E-state index in [1.54, 1.807) is 41.5 Å². The Morgan fingerprint density at radius 3 is 2.31 bits per heavy atom. The number of nitrogens with zero attached hydrogens (tertiary/aromatic N) is 2. The second kappa shape index (κ2) is 14.3. The molecule has 2 saturated carbocycles. The summed E-state index contributed by atoms with van der Waals surface area (Å²) in [6.45, 7) is 16.9. The van der Waals surface area contributed by atoms with Gasteiger partial charge < -0.3 is 25.4 Å². The second-order valence-electron chi connectivity index (χ2n) is 17.3. The number of rotatable bonds is 11. The molecule has 0 spiro atoms. The summed E-state index contributed by atoms with van der Waals surface area (Å²) in [6.07, 6.45) is 11.6. The van der Waals surface area contributed by atoms with E-state index in [0.717, 1.165) is 38.0 Å². The number of nitrogens with one attached hydrogen (secondary N) is 3. The molecule has 3 aliphatic carbocycles. The summed E-state index contributed by atoms with van der Waals surface area (Å²) in [6, 6.07) is -2.36. The van der Waals surface area contributed by atoms with Crippen LogP contribution in [-0.4, -0.2) is 107 Å². The van der Waals surface area contributed by atoms with E-state index < -0.39 is 85.2 Å². The number of likely N-dealkylation sites (tertiary alicyclic amines) is 2. The van der Waals surface area contributed by atoms with Crippen LogP contribution in [0, 0.1) is 17.3 Å². The Morgan fingerprint density at radius 1 is 1.08 bits per heavy atom. The highest BCUT2D eigenvalue weighted by Gasteiger charge is 2.63. The number of allylic oxidation sites excluding steroid dienone is 2. The van der Waals surface area contributed by atoms with Crippen LogP contribution in [0.25, 0.3) is 0 Å². The zero-order valence-corrected chi connectivity index (χ0v) is 31.8. The number of sulfonamides is 1. The van der Waals surface area contributed by atoms with Gasteiger partial charge in [0.25, 0.3) is 5.91 Å². The average molecular weight is 732 g/mol. The van der Waals surface area contributed by atoms with Gasteiger partial charge in [-0.05, 0) is 77.8 Å². The molecule has 0 bridgehead atoms. The summed E-state index contributed by atoms with van der Waals surface area (Å²) in [7, 11) is -3.90. The lowest BCUT2D eigenvalue weighted by Gasteiger charge is -2.37. The highest BCUT2D eigenvalue weighted by molar-refractivity contribution is 7.91. The van der Waals surface area contributed by atoms with Gasteiger partial charge in [0.2, 0.25) is 21.8 Å². The first-order valence-electron chi connectivity index (χ1n) is 18.3. The van der Waals surface area contributed by atoms with E-state index >= 15 is 0 Å². The van der Waals surface area contributed by atoms with E-state index in [9.17, 15) is 32.7 Å². The SMILES string of the molecule is C=C[C@@H]1C[C@]1(NC(=O)[C@@H]1C[C@@](O)(C2C=CC=C(CN3CCCCC3)C2)CN1C(=O)[C@@H](NC(=O)OC(C)(C)C)C(C)(C)C)C(=O)NS(=O)(=O)C1CC1. The molecule has 4 amide bonds. The molecule has 13 nitrogen and oxygen atoms in total. The van der Waals surface area contributed by atoms with Gasteiger partial charge in [0.1, 0.15) is 23.2 Å². The molecule has 5 rings (SSSR count). The number of piperidine rings is 1. The molecule has 284 valence electrons. The van der Waals surface area contributed by atoms with Gasteiger partial charge in [-0.15, -0.1) is 6.58 Å². The van der Waals surface area contributed by atoms with E-state index in [1.807, 2.05) is 12.2 Å². The lowest BCUT2D eigenvalue weighted by molar-refractivity contribution is -0.143. The molecule has 0 aromatic carbocycles. The zero-order chi connectivity index (χ0) is 37.6. The molecule has 5 aliphatic rings. The van der Waals surface area contributed by atoms with Crippen LogP contribution in [0.15, 0.2) is 36.5 Å². The maximum atomic E-state index is 14.6. The lowest BCUT2D eigenvalue weighted by Crippen LogP contribution is -2.60. The van der Waals surface area contributed by atoms with Crippen LogP contribution in [0.2, 0.25) is 0 Å². The van der Waals surface area contributed by atoms with Crippen LogP contribution in [0.5, 0.6) is 0 Å². The molecule has 0 radical (unpaired) electrons. The molecule has 6 atom stereocenters. The standard InChI is InChI=1S/C37H57N5O8S/c1-8-25-20-37(25,32(45)40-51(48,49)27-15-16-27)39-30(43)28-21-36(47,26-14-12-13-24(19-26)22-41-17-10-9-11-18-41)23-42(28)31(44)29(34(2,3)4)38-33(46)50-35(5,6)7/h8,12-14,25-29,47H,1,9-11,15-23H2,2-7H3,(H,38,46)(H,39,43)(H,40,45)/t25-,26?,28+,29-,36+,37-/m1/s1. The van der Waals surface area contributed by atoms with Crippen LogP contribution in [0.1, 0.15) is 92.9 Å². The first-order valence-corrected chi connectivity index (χ1v) is 19.8. The topological polar surface area (TPSA) is 174 Å². The van der Waals surface area contributed by atoms with Crippen molar-refractivity contribution in [3.8, 4) is 0 Å². The average Bonchev–Trinajstić information content (AvgIpc) is 3.96. The first kappa shape index (κ1) is 39.0. The fourth-order valence-corrected chi connectivity index (χ4v) is 8.91. The third-order valence-electron chi connectivity index (χ3n) is 10.7. The van der Waals surface area contributed by atoms with Gasteiger partial charge in [-0.3, -0.25) is 24.0 Å². The Labute approximate surface area is 302 Å². The molecule has 2 heterocycles. The summed E-state index contributed by atoms with van der Waals surface area (Å²) in [5.41, 5.74) is -3.58. The maximum absolute atomic E-state index is 14.6. The molecular formula is C37H57N5O8S. The summed E-state index contributed by atoms with van der Waals surface area (Å²) in [5.74, 6) is -3.07. The van der Waals surface area contributed by atoms with Crippen molar-refractivity contribution in [3.05, 3.63) is 36.5 Å². The van der Waals surface area contributed by atoms with Crippen molar-refractivity contribution in [2.45, 2.75) is 127 Å². The fraction of sp³-hybridized carbons (Fsp3) is 0.730. The predicted molar refractivity (Wildman–Crippen MR) is 193 cm³/mol. The van der Waals surface area contributed by atoms with Crippen molar-refractivity contribution in [1.82, 2.24) is 25.2 Å². The second-order valence-corrected chi connectivity index (χ2v) is 19.2. The molecule has 51 heavy (non-hydrogen) atoms. The number of amides is 4. The molecule has 0 aromatic heterocycles. The van der Waals surface area contributed by atoms with Gasteiger partial charge in [-0.25, -0.2) is 13.2 Å². The van der Waals surface area contributed by atoms with E-state index in [0.29, 0.717) is 19.3 Å². The smallest absolute Gasteiger partial charge is 0.408 e. The minimum Gasteiger partial charge on any atom is -0.444 e. The van der Waals surface area contributed by atoms with Crippen LogP contribution >= 0.6 is 0 Å². The Morgan fingerprint density at radius 2 is 1.75 bits per heavy atom. The summed E-state index contributed by atoms with van der Waals surface area (Å²) < 4.78 is 33.0. The van der Waals surface area contributed by atoms with Crippen LogP contribution in [0.4, 0.5) is 4.79 Å². The summed E-state index contributed by atoms with van der Waals surface area (Å²) in [4.78, 5) is 59.1. The van der Waals surface area contributed by atoms with Gasteiger partial charge in [0.15, 0.2) is 0 Å². The van der Waals surface area contributed by atoms with Crippen molar-refractivity contribution in [1.29, 1.82) is 0 Å². The number of carbonyl (C=O) groups is 4. The molecule has 14 heteroatoms. The van der Waals surface area contributed by atoms with Gasteiger partial charge in [-0.2, -0.15) is 0 Å². The third kappa shape index (κ3) is 9.05. The van der Waals surface area contributed by atoms with Gasteiger partial charge >= 0.3 is 6.09 Å². The minimum atomic E-state index is -3.90. The number of carbonyl (C=O) groups excluding carboxylic acids is 4. The Bertz CT molecular complexity index is 1570. The quantitative estimate of drug-likeness (QED) is 0.233. The van der Waals surface area contributed by atoms with E-state index in [4.69, 9.17) is 4.74 Å². The molecule has 4 N–H and O–H groups in total. The van der Waals surface area contributed by atoms with Crippen LogP contribution in [-0.2, 0) is 29.1 Å². The Balaban J connectivity index is 1.42. The fourth-order valence-electron chi connectivity index (χ4n) is 7.54. The molecular weight excluding hydrogens is 675 g/mol.